The third-order valence-corrected chi connectivity index (χ3v) is 6.06. The van der Waals surface area contributed by atoms with E-state index in [1.54, 1.807) is 13.0 Å². The van der Waals surface area contributed by atoms with Crippen molar-refractivity contribution in [3.8, 4) is 6.07 Å². The number of carbonyl (C=O) groups is 2. The van der Waals surface area contributed by atoms with Gasteiger partial charge in [0, 0.05) is 49.3 Å². The molecule has 3 aromatic rings. The lowest BCUT2D eigenvalue weighted by atomic mass is 9.94. The van der Waals surface area contributed by atoms with Gasteiger partial charge in [-0.15, -0.1) is 0 Å². The van der Waals surface area contributed by atoms with Gasteiger partial charge < -0.3 is 14.4 Å². The fourth-order valence-electron chi connectivity index (χ4n) is 4.29. The molecule has 0 aliphatic rings. The summed E-state index contributed by atoms with van der Waals surface area (Å²) in [4.78, 5) is 28.8. The molecule has 178 valence electrons. The van der Waals surface area contributed by atoms with Crippen LogP contribution in [0.25, 0.3) is 11.0 Å². The third-order valence-electron chi connectivity index (χ3n) is 6.06. The number of carboxylic acid groups (broad SMARTS) is 1. The molecule has 3 rings (SSSR count). The van der Waals surface area contributed by atoms with Gasteiger partial charge in [-0.1, -0.05) is 37.3 Å². The summed E-state index contributed by atoms with van der Waals surface area (Å²) in [7, 11) is 1.88. The van der Waals surface area contributed by atoms with E-state index in [1.807, 2.05) is 48.9 Å². The Morgan fingerprint density at radius 2 is 1.91 bits per heavy atom. The fourth-order valence-corrected chi connectivity index (χ4v) is 4.29. The number of fused-ring (bicyclic) bond motifs is 1. The zero-order valence-electron chi connectivity index (χ0n) is 20.0. The minimum atomic E-state index is -0.920. The van der Waals surface area contributed by atoms with Gasteiger partial charge >= 0.3 is 5.97 Å². The molecule has 0 bridgehead atoms. The number of hydrogen-bond donors (Lipinski definition) is 1. The Hall–Kier alpha value is -3.50. The lowest BCUT2D eigenvalue weighted by Crippen LogP contribution is -2.12. The maximum Gasteiger partial charge on any atom is 0.303 e. The summed E-state index contributed by atoms with van der Waals surface area (Å²) >= 11 is 0. The van der Waals surface area contributed by atoms with Crippen molar-refractivity contribution in [3.05, 3.63) is 65.0 Å². The Morgan fingerprint density at radius 1 is 1.18 bits per heavy atom. The van der Waals surface area contributed by atoms with Crippen LogP contribution in [0.2, 0.25) is 0 Å². The first-order chi connectivity index (χ1) is 16.3. The number of benzene rings is 1. The van der Waals surface area contributed by atoms with Crippen LogP contribution in [0.15, 0.2) is 42.6 Å². The number of ether oxygens (including phenoxy) is 1. The number of nitriles is 1. The van der Waals surface area contributed by atoms with E-state index in [2.05, 4.69) is 11.1 Å². The second-order valence-corrected chi connectivity index (χ2v) is 8.80. The first kappa shape index (κ1) is 25.1. The number of aliphatic carboxylic acids is 1. The predicted molar refractivity (Wildman–Crippen MR) is 130 cm³/mol. The zero-order chi connectivity index (χ0) is 24.7. The second kappa shape index (κ2) is 11.6. The molecule has 0 aliphatic heterocycles. The molecule has 34 heavy (non-hydrogen) atoms. The van der Waals surface area contributed by atoms with Crippen LogP contribution < -0.4 is 0 Å². The maximum atomic E-state index is 13.3. The molecule has 1 N–H and O–H groups in total. The Morgan fingerprint density at radius 3 is 2.59 bits per heavy atom. The molecule has 7 nitrogen and oxygen atoms in total. The number of carboxylic acids is 1. The highest BCUT2D eigenvalue weighted by molar-refractivity contribution is 6.09. The molecule has 2 aromatic heterocycles. The number of aromatic nitrogens is 2. The Balaban J connectivity index is 1.74. The van der Waals surface area contributed by atoms with Crippen molar-refractivity contribution in [1.82, 2.24) is 9.55 Å². The first-order valence-corrected chi connectivity index (χ1v) is 11.6. The minimum absolute atomic E-state index is 0.0142. The van der Waals surface area contributed by atoms with Gasteiger partial charge in [-0.25, -0.2) is 4.98 Å². The van der Waals surface area contributed by atoms with E-state index in [-0.39, 0.29) is 30.6 Å². The lowest BCUT2D eigenvalue weighted by molar-refractivity contribution is -0.137. The molecule has 1 aromatic carbocycles. The second-order valence-electron chi connectivity index (χ2n) is 8.80. The van der Waals surface area contributed by atoms with Crippen LogP contribution >= 0.6 is 0 Å². The van der Waals surface area contributed by atoms with Crippen molar-refractivity contribution in [2.24, 2.45) is 13.0 Å². The van der Waals surface area contributed by atoms with Gasteiger partial charge in [-0.05, 0) is 43.7 Å². The number of carbonyl (C=O) groups excluding carboxylic acids is 1. The highest BCUT2D eigenvalue weighted by atomic mass is 16.5. The van der Waals surface area contributed by atoms with Crippen LogP contribution in [-0.4, -0.2) is 33.0 Å². The topological polar surface area (TPSA) is 105 Å². The number of unbranched alkanes of at least 4 members (excludes halogenated alkanes) is 1. The van der Waals surface area contributed by atoms with E-state index >= 15 is 0 Å². The lowest BCUT2D eigenvalue weighted by Gasteiger charge is -2.14. The molecular formula is C27H31N3O4. The molecule has 0 saturated heterocycles. The van der Waals surface area contributed by atoms with Crippen molar-refractivity contribution in [3.63, 3.8) is 0 Å². The molecular weight excluding hydrogens is 430 g/mol. The molecule has 0 amide bonds. The number of nitrogens with zero attached hydrogens (tertiary/aromatic N) is 3. The zero-order valence-corrected chi connectivity index (χ0v) is 20.0. The van der Waals surface area contributed by atoms with Crippen molar-refractivity contribution >= 4 is 22.8 Å². The highest BCUT2D eigenvalue weighted by Crippen LogP contribution is 2.29. The minimum Gasteiger partial charge on any atom is -0.481 e. The number of pyridine rings is 1. The summed E-state index contributed by atoms with van der Waals surface area (Å²) in [5.41, 5.74) is 3.59. The van der Waals surface area contributed by atoms with Gasteiger partial charge in [0.15, 0.2) is 5.78 Å². The molecule has 2 atom stereocenters. The van der Waals surface area contributed by atoms with Crippen molar-refractivity contribution in [1.29, 1.82) is 5.26 Å². The van der Waals surface area contributed by atoms with Crippen LogP contribution in [0, 0.1) is 17.2 Å². The van der Waals surface area contributed by atoms with Crippen molar-refractivity contribution in [2.75, 3.05) is 6.61 Å². The largest absolute Gasteiger partial charge is 0.481 e. The predicted octanol–water partition coefficient (Wildman–Crippen LogP) is 5.23. The standard InChI is InChI=1S/C27H31N3O4/c1-18(14-25(32)33)13-24(31)26-22-15-20(16-28)17-29-27(22)30(3)23(26)11-7-8-12-34-19(2)21-9-5-4-6-10-21/h4-6,9-10,15,17-19H,7-8,11-14H2,1-3H3,(H,32,33)/t18-,19-/m0/s1. The average molecular weight is 462 g/mol. The number of aryl methyl sites for hydroxylation is 1. The Labute approximate surface area is 200 Å². The van der Waals surface area contributed by atoms with E-state index in [1.165, 1.54) is 6.20 Å². The van der Waals surface area contributed by atoms with Crippen molar-refractivity contribution < 1.29 is 19.4 Å². The normalized spacial score (nSPS) is 12.9. The molecule has 0 spiro atoms. The van der Waals surface area contributed by atoms with E-state index in [0.29, 0.717) is 35.2 Å². The summed E-state index contributed by atoms with van der Waals surface area (Å²) in [6.45, 7) is 4.41. The van der Waals surface area contributed by atoms with Gasteiger partial charge in [-0.2, -0.15) is 5.26 Å². The Kier molecular flexibility index (Phi) is 8.55. The number of rotatable bonds is 12. The molecule has 0 fully saturated rings. The fraction of sp³-hybridized carbons (Fsp3) is 0.407. The summed E-state index contributed by atoms with van der Waals surface area (Å²) in [5, 5.41) is 19.0. The highest BCUT2D eigenvalue weighted by Gasteiger charge is 2.24. The summed E-state index contributed by atoms with van der Waals surface area (Å²) in [6.07, 6.45) is 3.90. The number of hydrogen-bond acceptors (Lipinski definition) is 5. The van der Waals surface area contributed by atoms with E-state index in [0.717, 1.165) is 24.1 Å². The SMILES string of the molecule is C[C@H](CC(=O)O)CC(=O)c1c(CCCCO[C@@H](C)c2ccccc2)n(C)c2ncc(C#N)cc12. The van der Waals surface area contributed by atoms with Crippen LogP contribution in [0.4, 0.5) is 0 Å². The molecule has 0 aliphatic carbocycles. The van der Waals surface area contributed by atoms with E-state index in [9.17, 15) is 14.9 Å². The summed E-state index contributed by atoms with van der Waals surface area (Å²) in [6, 6.07) is 13.9. The molecule has 0 radical (unpaired) electrons. The van der Waals surface area contributed by atoms with Crippen LogP contribution in [0.3, 0.4) is 0 Å². The van der Waals surface area contributed by atoms with Gasteiger partial charge in [0.05, 0.1) is 11.7 Å². The Bertz CT molecular complexity index is 1190. The third kappa shape index (κ3) is 6.09. The van der Waals surface area contributed by atoms with Gasteiger partial charge in [0.2, 0.25) is 0 Å². The molecule has 2 heterocycles. The first-order valence-electron chi connectivity index (χ1n) is 11.6. The van der Waals surface area contributed by atoms with Gasteiger partial charge in [0.25, 0.3) is 0 Å². The molecule has 0 saturated carbocycles. The van der Waals surface area contributed by atoms with Crippen LogP contribution in [-0.2, 0) is 23.0 Å². The number of ketones is 1. The molecule has 0 unspecified atom stereocenters. The van der Waals surface area contributed by atoms with E-state index in [4.69, 9.17) is 9.84 Å². The van der Waals surface area contributed by atoms with Crippen molar-refractivity contribution in [2.45, 2.75) is 52.1 Å². The monoisotopic (exact) mass is 461 g/mol. The maximum absolute atomic E-state index is 13.3. The van der Waals surface area contributed by atoms with E-state index < -0.39 is 5.97 Å². The molecule has 7 heteroatoms. The summed E-state index contributed by atoms with van der Waals surface area (Å²) < 4.78 is 7.89. The quantitative estimate of drug-likeness (QED) is 0.292. The van der Waals surface area contributed by atoms with Crippen LogP contribution in [0.5, 0.6) is 0 Å². The van der Waals surface area contributed by atoms with Gasteiger partial charge in [-0.3, -0.25) is 9.59 Å². The van der Waals surface area contributed by atoms with Gasteiger partial charge in [0.1, 0.15) is 11.7 Å². The van der Waals surface area contributed by atoms with Crippen LogP contribution in [0.1, 0.15) is 72.8 Å². The number of Topliss-reactive ketones (excluding diaryl/α,β-unsaturated/α-hetero) is 1. The summed E-state index contributed by atoms with van der Waals surface area (Å²) in [5.74, 6) is -1.31. The smallest absolute Gasteiger partial charge is 0.303 e. The average Bonchev–Trinajstić information content (AvgIpc) is 3.09.